The normalized spacial score (nSPS) is 20.0. The zero-order valence-corrected chi connectivity index (χ0v) is 15.2. The Balaban J connectivity index is 1.52. The van der Waals surface area contributed by atoms with Crippen LogP contribution >= 0.6 is 11.8 Å². The molecular weight excluding hydrogens is 340 g/mol. The van der Waals surface area contributed by atoms with E-state index in [4.69, 9.17) is 9.26 Å². The van der Waals surface area contributed by atoms with Crippen LogP contribution in [0.1, 0.15) is 11.5 Å². The number of amides is 1. The number of aromatic nitrogens is 1. The van der Waals surface area contributed by atoms with Crippen LogP contribution in [0, 0.1) is 12.8 Å². The van der Waals surface area contributed by atoms with Crippen molar-refractivity contribution >= 4 is 17.7 Å². The molecular formula is C18H22N2O4S. The van der Waals surface area contributed by atoms with Gasteiger partial charge in [-0.05, 0) is 25.1 Å². The smallest absolute Gasteiger partial charge is 0.233 e. The topological polar surface area (TPSA) is 75.8 Å². The molecule has 0 spiro atoms. The largest absolute Gasteiger partial charge is 0.497 e. The maximum absolute atomic E-state index is 12.4. The van der Waals surface area contributed by atoms with E-state index in [0.29, 0.717) is 25.3 Å². The second kappa shape index (κ2) is 7.93. The van der Waals surface area contributed by atoms with Gasteiger partial charge in [0.05, 0.1) is 24.7 Å². The quantitative estimate of drug-likeness (QED) is 0.794. The molecule has 1 aliphatic heterocycles. The van der Waals surface area contributed by atoms with Crippen molar-refractivity contribution in [1.82, 2.24) is 10.1 Å². The van der Waals surface area contributed by atoms with Gasteiger partial charge in [0.15, 0.2) is 0 Å². The first-order valence-electron chi connectivity index (χ1n) is 8.20. The molecule has 134 valence electrons. The Labute approximate surface area is 151 Å². The third kappa shape index (κ3) is 4.55. The molecule has 3 rings (SSSR count). The third-order valence-electron chi connectivity index (χ3n) is 4.30. The summed E-state index contributed by atoms with van der Waals surface area (Å²) in [6, 6.07) is 9.51. The van der Waals surface area contributed by atoms with Crippen molar-refractivity contribution in [2.45, 2.75) is 24.3 Å². The number of nitrogens with zero attached hydrogens (tertiary/aromatic N) is 2. The molecule has 6 nitrogen and oxygen atoms in total. The highest BCUT2D eigenvalue weighted by molar-refractivity contribution is 8.00. The first-order valence-corrected chi connectivity index (χ1v) is 9.18. The number of methoxy groups -OCH3 is 1. The lowest BCUT2D eigenvalue weighted by Gasteiger charge is -2.15. The van der Waals surface area contributed by atoms with Crippen LogP contribution in [0.5, 0.6) is 5.75 Å². The SMILES string of the molecule is COc1cccc(SCC(=O)N2C[C@@H](Cc3cc(C)no3)[C@H](O)C2)c1. The van der Waals surface area contributed by atoms with Gasteiger partial charge in [-0.1, -0.05) is 11.2 Å². The van der Waals surface area contributed by atoms with E-state index in [0.717, 1.165) is 22.1 Å². The lowest BCUT2D eigenvalue weighted by atomic mass is 10.0. The summed E-state index contributed by atoms with van der Waals surface area (Å²) in [6.45, 7) is 2.78. The molecule has 2 heterocycles. The van der Waals surface area contributed by atoms with Crippen molar-refractivity contribution < 1.29 is 19.2 Å². The molecule has 2 atom stereocenters. The lowest BCUT2D eigenvalue weighted by Crippen LogP contribution is -2.31. The molecule has 0 aliphatic carbocycles. The van der Waals surface area contributed by atoms with Gasteiger partial charge in [0, 0.05) is 36.4 Å². The van der Waals surface area contributed by atoms with Crippen molar-refractivity contribution in [3.8, 4) is 5.75 Å². The van der Waals surface area contributed by atoms with Crippen LogP contribution in [0.2, 0.25) is 0 Å². The van der Waals surface area contributed by atoms with E-state index in [-0.39, 0.29) is 11.8 Å². The summed E-state index contributed by atoms with van der Waals surface area (Å²) in [6.07, 6.45) is 0.0608. The fourth-order valence-electron chi connectivity index (χ4n) is 2.96. The minimum atomic E-state index is -0.531. The number of carbonyl (C=O) groups excluding carboxylic acids is 1. The standard InChI is InChI=1S/C18H22N2O4S/c1-12-6-15(24-19-12)7-13-9-20(10-17(13)21)18(22)11-25-16-5-3-4-14(8-16)23-2/h3-6,8,13,17,21H,7,9-11H2,1-2H3/t13-,17-/m1/s1. The number of β-amino-alcohol motifs (C(OH)–C–C–N with tert-alkyl or cyclic N) is 1. The Hall–Kier alpha value is -1.99. The highest BCUT2D eigenvalue weighted by Gasteiger charge is 2.34. The molecule has 2 aromatic rings. The molecule has 1 aliphatic rings. The summed E-state index contributed by atoms with van der Waals surface area (Å²) in [5.41, 5.74) is 0.824. The number of hydrogen-bond donors (Lipinski definition) is 1. The monoisotopic (exact) mass is 362 g/mol. The number of rotatable bonds is 6. The second-order valence-corrected chi connectivity index (χ2v) is 7.28. The van der Waals surface area contributed by atoms with E-state index in [2.05, 4.69) is 5.16 Å². The summed E-state index contributed by atoms with van der Waals surface area (Å²) < 4.78 is 10.4. The molecule has 1 fully saturated rings. The van der Waals surface area contributed by atoms with Crippen molar-refractivity contribution in [2.24, 2.45) is 5.92 Å². The van der Waals surface area contributed by atoms with E-state index in [1.807, 2.05) is 37.3 Å². The third-order valence-corrected chi connectivity index (χ3v) is 5.28. The van der Waals surface area contributed by atoms with Crippen LogP contribution in [0.15, 0.2) is 39.8 Å². The Bertz CT molecular complexity index is 733. The Morgan fingerprint density at radius 3 is 3.00 bits per heavy atom. The number of carbonyl (C=O) groups is 1. The summed E-state index contributed by atoms with van der Waals surface area (Å²) in [7, 11) is 1.62. The van der Waals surface area contributed by atoms with Gasteiger partial charge in [-0.15, -0.1) is 11.8 Å². The molecule has 25 heavy (non-hydrogen) atoms. The zero-order valence-electron chi connectivity index (χ0n) is 14.3. The fourth-order valence-corrected chi connectivity index (χ4v) is 3.80. The zero-order chi connectivity index (χ0) is 17.8. The molecule has 1 amide bonds. The van der Waals surface area contributed by atoms with E-state index in [1.54, 1.807) is 12.0 Å². The number of ether oxygens (including phenoxy) is 1. The minimum Gasteiger partial charge on any atom is -0.497 e. The van der Waals surface area contributed by atoms with Crippen molar-refractivity contribution in [3.05, 3.63) is 41.8 Å². The highest BCUT2D eigenvalue weighted by Crippen LogP contribution is 2.26. The number of aryl methyl sites for hydroxylation is 1. The molecule has 0 bridgehead atoms. The molecule has 0 unspecified atom stereocenters. The van der Waals surface area contributed by atoms with Gasteiger partial charge >= 0.3 is 0 Å². The molecule has 1 N–H and O–H groups in total. The van der Waals surface area contributed by atoms with Gasteiger partial charge in [0.25, 0.3) is 0 Å². The number of likely N-dealkylation sites (tertiary alicyclic amines) is 1. The van der Waals surface area contributed by atoms with Crippen LogP contribution < -0.4 is 4.74 Å². The van der Waals surface area contributed by atoms with Crippen LogP contribution in [-0.4, -0.2) is 53.1 Å². The molecule has 7 heteroatoms. The summed E-state index contributed by atoms with van der Waals surface area (Å²) in [4.78, 5) is 15.2. The van der Waals surface area contributed by atoms with Crippen LogP contribution in [0.3, 0.4) is 0 Å². The first-order chi connectivity index (χ1) is 12.0. The number of benzene rings is 1. The van der Waals surface area contributed by atoms with Gasteiger partial charge in [-0.2, -0.15) is 0 Å². The van der Waals surface area contributed by atoms with Crippen LogP contribution in [0.25, 0.3) is 0 Å². The van der Waals surface area contributed by atoms with Gasteiger partial charge in [0.1, 0.15) is 11.5 Å². The fraction of sp³-hybridized carbons (Fsp3) is 0.444. The number of thioether (sulfide) groups is 1. The number of aliphatic hydroxyl groups excluding tert-OH is 1. The number of hydrogen-bond acceptors (Lipinski definition) is 6. The Morgan fingerprint density at radius 2 is 2.28 bits per heavy atom. The van der Waals surface area contributed by atoms with Gasteiger partial charge in [-0.25, -0.2) is 0 Å². The summed E-state index contributed by atoms with van der Waals surface area (Å²) in [5.74, 6) is 1.88. The molecule has 1 saturated heterocycles. The van der Waals surface area contributed by atoms with Crippen molar-refractivity contribution in [1.29, 1.82) is 0 Å². The molecule has 0 radical (unpaired) electrons. The predicted molar refractivity (Wildman–Crippen MR) is 94.7 cm³/mol. The van der Waals surface area contributed by atoms with Crippen molar-refractivity contribution in [2.75, 3.05) is 26.0 Å². The summed E-state index contributed by atoms with van der Waals surface area (Å²) >= 11 is 1.47. The lowest BCUT2D eigenvalue weighted by molar-refractivity contribution is -0.127. The molecule has 1 aromatic heterocycles. The van der Waals surface area contributed by atoms with E-state index in [9.17, 15) is 9.90 Å². The number of aliphatic hydroxyl groups is 1. The second-order valence-electron chi connectivity index (χ2n) is 6.23. The Morgan fingerprint density at radius 1 is 1.44 bits per heavy atom. The average Bonchev–Trinajstić information content (AvgIpc) is 3.19. The summed E-state index contributed by atoms with van der Waals surface area (Å²) in [5, 5.41) is 14.1. The van der Waals surface area contributed by atoms with Gasteiger partial charge in [0.2, 0.25) is 5.91 Å². The van der Waals surface area contributed by atoms with Crippen molar-refractivity contribution in [3.63, 3.8) is 0 Å². The minimum absolute atomic E-state index is 0.0156. The maximum Gasteiger partial charge on any atom is 0.233 e. The maximum atomic E-state index is 12.4. The van der Waals surface area contributed by atoms with E-state index in [1.165, 1.54) is 11.8 Å². The molecule has 0 saturated carbocycles. The Kier molecular flexibility index (Phi) is 5.65. The van der Waals surface area contributed by atoms with E-state index >= 15 is 0 Å². The van der Waals surface area contributed by atoms with E-state index < -0.39 is 6.10 Å². The van der Waals surface area contributed by atoms with Gasteiger partial charge in [-0.3, -0.25) is 4.79 Å². The highest BCUT2D eigenvalue weighted by atomic mass is 32.2. The molecule has 1 aromatic carbocycles. The average molecular weight is 362 g/mol. The van der Waals surface area contributed by atoms with Crippen LogP contribution in [0.4, 0.5) is 0 Å². The van der Waals surface area contributed by atoms with Crippen LogP contribution in [-0.2, 0) is 11.2 Å². The first kappa shape index (κ1) is 17.8. The van der Waals surface area contributed by atoms with Gasteiger partial charge < -0.3 is 19.3 Å². The predicted octanol–water partition coefficient (Wildman–Crippen LogP) is 2.15.